The van der Waals surface area contributed by atoms with E-state index < -0.39 is 5.91 Å². The Morgan fingerprint density at radius 2 is 2.07 bits per heavy atom. The molecule has 15 heavy (non-hydrogen) atoms. The number of halogens is 1. The number of nitrogens with two attached hydrogens (primary N) is 1. The van der Waals surface area contributed by atoms with Crippen LogP contribution in [-0.2, 0) is 0 Å². The van der Waals surface area contributed by atoms with Crippen LogP contribution < -0.4 is 11.2 Å². The van der Waals surface area contributed by atoms with Gasteiger partial charge in [0.25, 0.3) is 5.91 Å². The van der Waals surface area contributed by atoms with Gasteiger partial charge in [0.15, 0.2) is 5.43 Å². The van der Waals surface area contributed by atoms with Crippen LogP contribution in [0.2, 0.25) is 0 Å². The third-order valence-corrected chi connectivity index (χ3v) is 2.55. The van der Waals surface area contributed by atoms with Crippen molar-refractivity contribution in [3.8, 4) is 0 Å². The Morgan fingerprint density at radius 1 is 1.33 bits per heavy atom. The summed E-state index contributed by atoms with van der Waals surface area (Å²) in [7, 11) is 0. The van der Waals surface area contributed by atoms with E-state index in [-0.39, 0.29) is 11.1 Å². The van der Waals surface area contributed by atoms with E-state index in [0.717, 1.165) is 4.47 Å². The van der Waals surface area contributed by atoms with Gasteiger partial charge in [-0.05, 0) is 18.2 Å². The number of carbonyl (C=O) groups excluding carboxylic acids is 1. The van der Waals surface area contributed by atoms with Gasteiger partial charge in [-0.1, -0.05) is 15.9 Å². The zero-order valence-electron chi connectivity index (χ0n) is 7.58. The summed E-state index contributed by atoms with van der Waals surface area (Å²) in [6, 6.07) is 6.40. The molecule has 1 aromatic heterocycles. The lowest BCUT2D eigenvalue weighted by atomic mass is 10.2. The minimum Gasteiger partial charge on any atom is -0.364 e. The molecule has 0 saturated heterocycles. The van der Waals surface area contributed by atoms with Crippen LogP contribution in [0.3, 0.4) is 0 Å². The summed E-state index contributed by atoms with van der Waals surface area (Å²) in [4.78, 5) is 25.3. The molecule has 0 aliphatic rings. The summed E-state index contributed by atoms with van der Waals surface area (Å²) in [5, 5.41) is 0.523. The van der Waals surface area contributed by atoms with E-state index >= 15 is 0 Å². The molecule has 2 rings (SSSR count). The highest BCUT2D eigenvalue weighted by Gasteiger charge is 2.05. The number of H-pyrrole nitrogens is 1. The van der Waals surface area contributed by atoms with Gasteiger partial charge >= 0.3 is 0 Å². The molecule has 0 aliphatic heterocycles. The predicted molar refractivity (Wildman–Crippen MR) is 60.8 cm³/mol. The third kappa shape index (κ3) is 1.78. The average Bonchev–Trinajstić information content (AvgIpc) is 2.18. The zero-order chi connectivity index (χ0) is 11.0. The molecule has 5 heteroatoms. The fraction of sp³-hybridized carbons (Fsp3) is 0. The predicted octanol–water partition coefficient (Wildman–Crippen LogP) is 1.39. The van der Waals surface area contributed by atoms with Crippen molar-refractivity contribution in [2.24, 2.45) is 5.73 Å². The second-order valence-electron chi connectivity index (χ2n) is 3.10. The van der Waals surface area contributed by atoms with Crippen molar-refractivity contribution in [3.05, 3.63) is 44.7 Å². The number of primary amides is 1. The molecule has 2 aromatic rings. The van der Waals surface area contributed by atoms with Crippen LogP contribution in [0.15, 0.2) is 33.5 Å². The average molecular weight is 267 g/mol. The SMILES string of the molecule is NC(=O)c1cc(=O)c2cc(Br)ccc2[nH]1. The first-order valence-corrected chi connectivity index (χ1v) is 4.99. The second kappa shape index (κ2) is 3.51. The quantitative estimate of drug-likeness (QED) is 0.819. The summed E-state index contributed by atoms with van der Waals surface area (Å²) in [6.45, 7) is 0. The highest BCUT2D eigenvalue weighted by molar-refractivity contribution is 9.10. The zero-order valence-corrected chi connectivity index (χ0v) is 9.17. The number of fused-ring (bicyclic) bond motifs is 1. The lowest BCUT2D eigenvalue weighted by Gasteiger charge is -2.01. The molecule has 0 bridgehead atoms. The molecule has 4 nitrogen and oxygen atoms in total. The van der Waals surface area contributed by atoms with Gasteiger partial charge in [-0.15, -0.1) is 0 Å². The van der Waals surface area contributed by atoms with Crippen LogP contribution in [-0.4, -0.2) is 10.9 Å². The largest absolute Gasteiger partial charge is 0.364 e. The maximum atomic E-state index is 11.6. The Balaban J connectivity index is 2.84. The first-order valence-electron chi connectivity index (χ1n) is 4.20. The van der Waals surface area contributed by atoms with E-state index in [1.54, 1.807) is 18.2 Å². The van der Waals surface area contributed by atoms with E-state index in [9.17, 15) is 9.59 Å². The molecule has 0 spiro atoms. The molecule has 3 N–H and O–H groups in total. The van der Waals surface area contributed by atoms with E-state index in [4.69, 9.17) is 5.73 Å². The van der Waals surface area contributed by atoms with Crippen molar-refractivity contribution >= 4 is 32.7 Å². The molecule has 76 valence electrons. The number of nitrogens with one attached hydrogen (secondary N) is 1. The molecular weight excluding hydrogens is 260 g/mol. The lowest BCUT2D eigenvalue weighted by molar-refractivity contribution is 0.0996. The molecule has 0 radical (unpaired) electrons. The van der Waals surface area contributed by atoms with Crippen LogP contribution in [0.4, 0.5) is 0 Å². The molecule has 1 amide bonds. The minimum atomic E-state index is -0.642. The van der Waals surface area contributed by atoms with Crippen molar-refractivity contribution in [3.63, 3.8) is 0 Å². The van der Waals surface area contributed by atoms with Crippen LogP contribution in [0, 0.1) is 0 Å². The molecule has 0 aliphatic carbocycles. The number of hydrogen-bond acceptors (Lipinski definition) is 2. The van der Waals surface area contributed by atoms with Gasteiger partial charge in [-0.25, -0.2) is 0 Å². The number of aromatic nitrogens is 1. The fourth-order valence-corrected chi connectivity index (χ4v) is 1.71. The second-order valence-corrected chi connectivity index (χ2v) is 4.02. The molecule has 1 aromatic carbocycles. The summed E-state index contributed by atoms with van der Waals surface area (Å²) >= 11 is 3.27. The van der Waals surface area contributed by atoms with E-state index in [0.29, 0.717) is 10.9 Å². The first kappa shape index (κ1) is 9.92. The Morgan fingerprint density at radius 3 is 2.73 bits per heavy atom. The maximum Gasteiger partial charge on any atom is 0.265 e. The van der Waals surface area contributed by atoms with Gasteiger partial charge in [-0.2, -0.15) is 0 Å². The topological polar surface area (TPSA) is 76.0 Å². The number of benzene rings is 1. The monoisotopic (exact) mass is 266 g/mol. The molecule has 0 fully saturated rings. The first-order chi connectivity index (χ1) is 7.08. The van der Waals surface area contributed by atoms with Crippen molar-refractivity contribution in [2.45, 2.75) is 0 Å². The maximum absolute atomic E-state index is 11.6. The van der Waals surface area contributed by atoms with Gasteiger partial charge in [0.2, 0.25) is 0 Å². The van der Waals surface area contributed by atoms with Crippen molar-refractivity contribution < 1.29 is 4.79 Å². The fourth-order valence-electron chi connectivity index (χ4n) is 1.35. The summed E-state index contributed by atoms with van der Waals surface area (Å²) in [5.41, 5.74) is 5.58. The summed E-state index contributed by atoms with van der Waals surface area (Å²) < 4.78 is 0.812. The lowest BCUT2D eigenvalue weighted by Crippen LogP contribution is -2.16. The number of aromatic amines is 1. The summed E-state index contributed by atoms with van der Waals surface area (Å²) in [6.07, 6.45) is 0. The Hall–Kier alpha value is -1.62. The number of pyridine rings is 1. The Labute approximate surface area is 93.2 Å². The number of hydrogen-bond donors (Lipinski definition) is 2. The van der Waals surface area contributed by atoms with Gasteiger partial charge < -0.3 is 10.7 Å². The van der Waals surface area contributed by atoms with Crippen molar-refractivity contribution in [1.29, 1.82) is 0 Å². The Bertz CT molecular complexity index is 604. The highest BCUT2D eigenvalue weighted by Crippen LogP contribution is 2.15. The van der Waals surface area contributed by atoms with Crippen LogP contribution >= 0.6 is 15.9 Å². The van der Waals surface area contributed by atoms with Crippen LogP contribution in [0.1, 0.15) is 10.5 Å². The van der Waals surface area contributed by atoms with Gasteiger partial charge in [0, 0.05) is 21.4 Å². The van der Waals surface area contributed by atoms with Gasteiger partial charge in [0.05, 0.1) is 0 Å². The number of rotatable bonds is 1. The summed E-state index contributed by atoms with van der Waals surface area (Å²) in [5.74, 6) is -0.642. The number of carbonyl (C=O) groups is 1. The minimum absolute atomic E-state index is 0.120. The van der Waals surface area contributed by atoms with Gasteiger partial charge in [0.1, 0.15) is 5.69 Å². The Kier molecular flexibility index (Phi) is 2.32. The van der Waals surface area contributed by atoms with Crippen molar-refractivity contribution in [2.75, 3.05) is 0 Å². The molecule has 1 heterocycles. The molecule has 0 saturated carbocycles. The molecule has 0 atom stereocenters. The van der Waals surface area contributed by atoms with E-state index in [2.05, 4.69) is 20.9 Å². The van der Waals surface area contributed by atoms with Crippen LogP contribution in [0.5, 0.6) is 0 Å². The number of amides is 1. The molecular formula is C10H7BrN2O2. The van der Waals surface area contributed by atoms with Gasteiger partial charge in [-0.3, -0.25) is 9.59 Å². The van der Waals surface area contributed by atoms with E-state index in [1.165, 1.54) is 6.07 Å². The standard InChI is InChI=1S/C10H7BrN2O2/c11-5-1-2-7-6(3-5)9(14)4-8(13-7)10(12)15/h1-4H,(H2,12,15)(H,13,14). The van der Waals surface area contributed by atoms with Crippen LogP contribution in [0.25, 0.3) is 10.9 Å². The smallest absolute Gasteiger partial charge is 0.265 e. The van der Waals surface area contributed by atoms with Crippen molar-refractivity contribution in [1.82, 2.24) is 4.98 Å². The third-order valence-electron chi connectivity index (χ3n) is 2.06. The molecule has 0 unspecified atom stereocenters. The highest BCUT2D eigenvalue weighted by atomic mass is 79.9. The normalized spacial score (nSPS) is 10.5. The van der Waals surface area contributed by atoms with E-state index in [1.807, 2.05) is 0 Å².